The molecule has 0 fully saturated rings. The molecule has 2 aromatic carbocycles. The molecule has 0 saturated heterocycles. The highest BCUT2D eigenvalue weighted by Gasteiger charge is 2.29. The standard InChI is InChI=1S/C27H34N2O5/c1-18(25(32)29(15-24(30)31)17-27(2,3)4)13-14-28-26(33)34-16-23-21-11-7-5-9-19(21)20-10-6-8-12-22(20)23/h5-12,18,23H,13-17H2,1-4H3,(H,28,33)(H,30,31). The van der Waals surface area contributed by atoms with Crippen LogP contribution in [-0.4, -0.2) is 54.2 Å². The van der Waals surface area contributed by atoms with E-state index in [4.69, 9.17) is 9.84 Å². The van der Waals surface area contributed by atoms with Gasteiger partial charge in [-0.05, 0) is 34.1 Å². The van der Waals surface area contributed by atoms with E-state index in [1.165, 1.54) is 16.0 Å². The molecule has 1 aliphatic rings. The fourth-order valence-electron chi connectivity index (χ4n) is 4.42. The van der Waals surface area contributed by atoms with E-state index >= 15 is 0 Å². The number of fused-ring (bicyclic) bond motifs is 3. The molecule has 1 atom stereocenters. The monoisotopic (exact) mass is 466 g/mol. The number of hydrogen-bond acceptors (Lipinski definition) is 4. The molecule has 0 bridgehead atoms. The lowest BCUT2D eigenvalue weighted by Gasteiger charge is -2.30. The Labute approximate surface area is 201 Å². The number of benzene rings is 2. The summed E-state index contributed by atoms with van der Waals surface area (Å²) in [6.07, 6.45) is -0.137. The second-order valence-corrected chi connectivity index (χ2v) is 10.1. The number of hydrogen-bond donors (Lipinski definition) is 2. The van der Waals surface area contributed by atoms with Gasteiger partial charge < -0.3 is 20.1 Å². The third kappa shape index (κ3) is 6.37. The summed E-state index contributed by atoms with van der Waals surface area (Å²) in [5, 5.41) is 11.9. The topological polar surface area (TPSA) is 95.9 Å². The van der Waals surface area contributed by atoms with Crippen molar-refractivity contribution >= 4 is 18.0 Å². The first-order valence-corrected chi connectivity index (χ1v) is 11.7. The first-order chi connectivity index (χ1) is 16.1. The summed E-state index contributed by atoms with van der Waals surface area (Å²) in [7, 11) is 0. The van der Waals surface area contributed by atoms with Gasteiger partial charge in [0.15, 0.2) is 0 Å². The van der Waals surface area contributed by atoms with Crippen molar-refractivity contribution in [1.29, 1.82) is 0 Å². The normalized spacial score (nSPS) is 13.5. The number of carboxylic acids is 1. The summed E-state index contributed by atoms with van der Waals surface area (Å²) in [6, 6.07) is 16.3. The van der Waals surface area contributed by atoms with E-state index in [-0.39, 0.29) is 36.9 Å². The van der Waals surface area contributed by atoms with Gasteiger partial charge in [-0.2, -0.15) is 0 Å². The summed E-state index contributed by atoms with van der Waals surface area (Å²) < 4.78 is 5.52. The number of carbonyl (C=O) groups is 3. The van der Waals surface area contributed by atoms with Gasteiger partial charge in [-0.3, -0.25) is 9.59 Å². The largest absolute Gasteiger partial charge is 0.480 e. The molecule has 0 aromatic heterocycles. The minimum atomic E-state index is -1.04. The van der Waals surface area contributed by atoms with Gasteiger partial charge in [-0.1, -0.05) is 76.2 Å². The Morgan fingerprint density at radius 1 is 1.03 bits per heavy atom. The quantitative estimate of drug-likeness (QED) is 0.567. The summed E-state index contributed by atoms with van der Waals surface area (Å²) in [4.78, 5) is 37.7. The Bertz CT molecular complexity index is 998. The molecule has 1 unspecified atom stereocenters. The first kappa shape index (κ1) is 25.3. The van der Waals surface area contributed by atoms with Crippen LogP contribution < -0.4 is 5.32 Å². The van der Waals surface area contributed by atoms with Crippen LogP contribution in [-0.2, 0) is 14.3 Å². The van der Waals surface area contributed by atoms with Gasteiger partial charge in [-0.15, -0.1) is 0 Å². The average molecular weight is 467 g/mol. The molecule has 2 N–H and O–H groups in total. The number of rotatable bonds is 9. The second-order valence-electron chi connectivity index (χ2n) is 10.1. The SMILES string of the molecule is CC(CCNC(=O)OCC1c2ccccc2-c2ccccc21)C(=O)N(CC(=O)O)CC(C)(C)C. The maximum absolute atomic E-state index is 12.8. The highest BCUT2D eigenvalue weighted by molar-refractivity contribution is 5.83. The Morgan fingerprint density at radius 2 is 1.59 bits per heavy atom. The molecule has 0 saturated carbocycles. The molecule has 1 aliphatic carbocycles. The lowest BCUT2D eigenvalue weighted by Crippen LogP contribution is -2.44. The summed E-state index contributed by atoms with van der Waals surface area (Å²) in [5.74, 6) is -1.70. The minimum Gasteiger partial charge on any atom is -0.480 e. The predicted molar refractivity (Wildman–Crippen MR) is 131 cm³/mol. The van der Waals surface area contributed by atoms with E-state index in [1.807, 2.05) is 45.0 Å². The first-order valence-electron chi connectivity index (χ1n) is 11.7. The average Bonchev–Trinajstić information content (AvgIpc) is 3.09. The second kappa shape index (κ2) is 10.7. The van der Waals surface area contributed by atoms with E-state index in [0.29, 0.717) is 13.0 Å². The Kier molecular flexibility index (Phi) is 7.97. The zero-order valence-electron chi connectivity index (χ0n) is 20.3. The number of alkyl carbamates (subject to hydrolysis) is 1. The third-order valence-corrected chi connectivity index (χ3v) is 5.91. The highest BCUT2D eigenvalue weighted by atomic mass is 16.5. The van der Waals surface area contributed by atoms with Gasteiger partial charge in [0.1, 0.15) is 13.2 Å². The molecule has 2 amide bonds. The maximum Gasteiger partial charge on any atom is 0.407 e. The van der Waals surface area contributed by atoms with Crippen molar-refractivity contribution in [2.24, 2.45) is 11.3 Å². The fourth-order valence-corrected chi connectivity index (χ4v) is 4.42. The molecule has 0 spiro atoms. The molecular weight excluding hydrogens is 432 g/mol. The Balaban J connectivity index is 1.50. The van der Waals surface area contributed by atoms with Gasteiger partial charge in [0, 0.05) is 24.9 Å². The van der Waals surface area contributed by atoms with Gasteiger partial charge >= 0.3 is 12.1 Å². The number of carboxylic acid groups (broad SMARTS) is 1. The number of aliphatic carboxylic acids is 1. The Hall–Kier alpha value is -3.35. The van der Waals surface area contributed by atoms with E-state index in [2.05, 4.69) is 29.6 Å². The van der Waals surface area contributed by atoms with Gasteiger partial charge in [0.25, 0.3) is 0 Å². The summed E-state index contributed by atoms with van der Waals surface area (Å²) in [5.41, 5.74) is 4.41. The van der Waals surface area contributed by atoms with Gasteiger partial charge in [-0.25, -0.2) is 4.79 Å². The van der Waals surface area contributed by atoms with Crippen molar-refractivity contribution < 1.29 is 24.2 Å². The summed E-state index contributed by atoms with van der Waals surface area (Å²) in [6.45, 7) is 8.13. The number of carbonyl (C=O) groups excluding carboxylic acids is 2. The third-order valence-electron chi connectivity index (χ3n) is 5.91. The van der Waals surface area contributed by atoms with Crippen LogP contribution in [0.4, 0.5) is 4.79 Å². The molecule has 7 nitrogen and oxygen atoms in total. The smallest absolute Gasteiger partial charge is 0.407 e. The molecule has 0 radical (unpaired) electrons. The van der Waals surface area contributed by atoms with Crippen molar-refractivity contribution in [3.05, 3.63) is 59.7 Å². The highest BCUT2D eigenvalue weighted by Crippen LogP contribution is 2.44. The Morgan fingerprint density at radius 3 is 2.12 bits per heavy atom. The van der Waals surface area contributed by atoms with E-state index < -0.39 is 18.0 Å². The van der Waals surface area contributed by atoms with E-state index in [9.17, 15) is 14.4 Å². The van der Waals surface area contributed by atoms with E-state index in [1.54, 1.807) is 6.92 Å². The number of nitrogens with one attached hydrogen (secondary N) is 1. The van der Waals surface area contributed by atoms with Crippen LogP contribution in [0.5, 0.6) is 0 Å². The zero-order chi connectivity index (χ0) is 24.9. The minimum absolute atomic E-state index is 0.0133. The fraction of sp³-hybridized carbons (Fsp3) is 0.444. The summed E-state index contributed by atoms with van der Waals surface area (Å²) >= 11 is 0. The number of ether oxygens (including phenoxy) is 1. The molecule has 2 aromatic rings. The van der Waals surface area contributed by atoms with Crippen LogP contribution in [0.2, 0.25) is 0 Å². The van der Waals surface area contributed by atoms with E-state index in [0.717, 1.165) is 11.1 Å². The molecular formula is C27H34N2O5. The van der Waals surface area contributed by atoms with Crippen molar-refractivity contribution in [1.82, 2.24) is 10.2 Å². The van der Waals surface area contributed by atoms with Gasteiger partial charge in [0.05, 0.1) is 0 Å². The predicted octanol–water partition coefficient (Wildman–Crippen LogP) is 4.51. The molecule has 0 aliphatic heterocycles. The van der Waals surface area contributed by atoms with Crippen LogP contribution in [0.3, 0.4) is 0 Å². The molecule has 3 rings (SSSR count). The molecule has 0 heterocycles. The van der Waals surface area contributed by atoms with Crippen molar-refractivity contribution in [2.45, 2.75) is 40.0 Å². The molecule has 7 heteroatoms. The number of nitrogens with zero attached hydrogens (tertiary/aromatic N) is 1. The molecule has 182 valence electrons. The van der Waals surface area contributed by atoms with Crippen molar-refractivity contribution in [2.75, 3.05) is 26.2 Å². The maximum atomic E-state index is 12.8. The molecule has 34 heavy (non-hydrogen) atoms. The van der Waals surface area contributed by atoms with Crippen LogP contribution in [0.25, 0.3) is 11.1 Å². The zero-order valence-corrected chi connectivity index (χ0v) is 20.3. The number of amides is 2. The van der Waals surface area contributed by atoms with Crippen LogP contribution in [0.1, 0.15) is 51.2 Å². The van der Waals surface area contributed by atoms with Crippen LogP contribution >= 0.6 is 0 Å². The lowest BCUT2D eigenvalue weighted by molar-refractivity contribution is -0.147. The van der Waals surface area contributed by atoms with Crippen LogP contribution in [0.15, 0.2) is 48.5 Å². The van der Waals surface area contributed by atoms with Gasteiger partial charge in [0.2, 0.25) is 5.91 Å². The van der Waals surface area contributed by atoms with Crippen molar-refractivity contribution in [3.8, 4) is 11.1 Å². The van der Waals surface area contributed by atoms with Crippen molar-refractivity contribution in [3.63, 3.8) is 0 Å². The van der Waals surface area contributed by atoms with Crippen LogP contribution in [0, 0.1) is 11.3 Å². The lowest BCUT2D eigenvalue weighted by atomic mass is 9.95.